The van der Waals surface area contributed by atoms with E-state index in [0.29, 0.717) is 5.41 Å². The highest BCUT2D eigenvalue weighted by molar-refractivity contribution is 4.73. The topological polar surface area (TPSA) is 20.2 Å². The van der Waals surface area contributed by atoms with Crippen LogP contribution in [0.2, 0.25) is 0 Å². The fraction of sp³-hybridized carbons (Fsp3) is 1.00. The molecule has 12 heavy (non-hydrogen) atoms. The van der Waals surface area contributed by atoms with Crippen molar-refractivity contribution in [3.05, 3.63) is 0 Å². The van der Waals surface area contributed by atoms with Crippen molar-refractivity contribution in [2.24, 2.45) is 11.3 Å². The van der Waals surface area contributed by atoms with E-state index in [2.05, 4.69) is 27.7 Å². The van der Waals surface area contributed by atoms with Crippen molar-refractivity contribution in [1.82, 2.24) is 0 Å². The minimum atomic E-state index is -0.163. The van der Waals surface area contributed by atoms with Gasteiger partial charge in [0.25, 0.3) is 0 Å². The maximum Gasteiger partial charge on any atom is 0.0517 e. The van der Waals surface area contributed by atoms with E-state index in [9.17, 15) is 5.11 Å². The summed E-state index contributed by atoms with van der Waals surface area (Å²) in [5.41, 5.74) is 0.295. The molecular weight excluding hydrogens is 148 g/mol. The first-order valence-corrected chi connectivity index (χ1v) is 5.05. The number of aliphatic hydroxyl groups excluding tert-OH is 1. The molecule has 0 radical (unpaired) electrons. The van der Waals surface area contributed by atoms with Crippen LogP contribution in [0.4, 0.5) is 0 Å². The third-order valence-corrected chi connectivity index (χ3v) is 2.45. The van der Waals surface area contributed by atoms with Crippen LogP contribution in [-0.4, -0.2) is 11.2 Å². The molecule has 0 aromatic rings. The molecular formula is C11H24O. The average Bonchev–Trinajstić information content (AvgIpc) is 1.83. The van der Waals surface area contributed by atoms with E-state index in [1.54, 1.807) is 0 Å². The van der Waals surface area contributed by atoms with Crippen LogP contribution in [0.1, 0.15) is 53.9 Å². The Morgan fingerprint density at radius 1 is 1.17 bits per heavy atom. The molecule has 1 nitrogen and oxygen atoms in total. The van der Waals surface area contributed by atoms with Gasteiger partial charge in [-0.05, 0) is 31.1 Å². The smallest absolute Gasteiger partial charge is 0.0517 e. The van der Waals surface area contributed by atoms with Gasteiger partial charge in [0.1, 0.15) is 0 Å². The zero-order chi connectivity index (χ0) is 9.78. The lowest BCUT2D eigenvalue weighted by Crippen LogP contribution is -2.20. The minimum Gasteiger partial charge on any atom is -0.393 e. The van der Waals surface area contributed by atoms with Gasteiger partial charge in [-0.3, -0.25) is 0 Å². The van der Waals surface area contributed by atoms with Crippen molar-refractivity contribution < 1.29 is 5.11 Å². The van der Waals surface area contributed by atoms with Crippen LogP contribution in [-0.2, 0) is 0 Å². The van der Waals surface area contributed by atoms with E-state index in [-0.39, 0.29) is 6.10 Å². The molecule has 0 fully saturated rings. The number of rotatable bonds is 5. The molecule has 0 amide bonds. The highest BCUT2D eigenvalue weighted by Gasteiger charge is 2.21. The van der Waals surface area contributed by atoms with E-state index < -0.39 is 0 Å². The second-order valence-electron chi connectivity index (χ2n) is 4.93. The predicted molar refractivity (Wildman–Crippen MR) is 54.2 cm³/mol. The quantitative estimate of drug-likeness (QED) is 0.675. The summed E-state index contributed by atoms with van der Waals surface area (Å²) in [7, 11) is 0. The molecule has 0 aromatic heterocycles. The molecule has 0 aliphatic carbocycles. The Labute approximate surface area is 77.2 Å². The summed E-state index contributed by atoms with van der Waals surface area (Å²) < 4.78 is 0. The van der Waals surface area contributed by atoms with Crippen LogP contribution in [0, 0.1) is 11.3 Å². The zero-order valence-corrected chi connectivity index (χ0v) is 9.22. The van der Waals surface area contributed by atoms with E-state index in [1.807, 2.05) is 6.92 Å². The number of aliphatic hydroxyl groups is 1. The number of hydrogen-bond acceptors (Lipinski definition) is 1. The van der Waals surface area contributed by atoms with E-state index >= 15 is 0 Å². The maximum atomic E-state index is 9.27. The van der Waals surface area contributed by atoms with Crippen molar-refractivity contribution in [1.29, 1.82) is 0 Å². The van der Waals surface area contributed by atoms with E-state index in [0.717, 1.165) is 12.3 Å². The van der Waals surface area contributed by atoms with Gasteiger partial charge in [0, 0.05) is 0 Å². The van der Waals surface area contributed by atoms with Gasteiger partial charge in [-0.2, -0.15) is 0 Å². The highest BCUT2D eigenvalue weighted by Crippen LogP contribution is 2.31. The second kappa shape index (κ2) is 4.86. The standard InChI is InChI=1S/C11H24O/c1-6-9(2)7-11(4,5)8-10(3)12/h9-10,12H,6-8H2,1-5H3. The predicted octanol–water partition coefficient (Wildman–Crippen LogP) is 3.22. The van der Waals surface area contributed by atoms with Crippen LogP contribution in [0.15, 0.2) is 0 Å². The van der Waals surface area contributed by atoms with Crippen molar-refractivity contribution in [3.63, 3.8) is 0 Å². The molecule has 0 spiro atoms. The largest absolute Gasteiger partial charge is 0.393 e. The Morgan fingerprint density at radius 3 is 2.00 bits per heavy atom. The minimum absolute atomic E-state index is 0.163. The molecule has 2 unspecified atom stereocenters. The zero-order valence-electron chi connectivity index (χ0n) is 9.22. The van der Waals surface area contributed by atoms with Gasteiger partial charge in [-0.25, -0.2) is 0 Å². The van der Waals surface area contributed by atoms with Crippen LogP contribution >= 0.6 is 0 Å². The lowest BCUT2D eigenvalue weighted by Gasteiger charge is -2.28. The Balaban J connectivity index is 3.85. The van der Waals surface area contributed by atoms with Gasteiger partial charge in [0.15, 0.2) is 0 Å². The van der Waals surface area contributed by atoms with Gasteiger partial charge in [-0.1, -0.05) is 34.1 Å². The third-order valence-electron chi connectivity index (χ3n) is 2.45. The molecule has 1 N–H and O–H groups in total. The summed E-state index contributed by atoms with van der Waals surface area (Å²) >= 11 is 0. The Bertz CT molecular complexity index is 116. The highest BCUT2D eigenvalue weighted by atomic mass is 16.3. The monoisotopic (exact) mass is 172 g/mol. The summed E-state index contributed by atoms with van der Waals surface area (Å²) in [6, 6.07) is 0. The summed E-state index contributed by atoms with van der Waals surface area (Å²) in [6.07, 6.45) is 3.21. The first kappa shape index (κ1) is 12.0. The van der Waals surface area contributed by atoms with Crippen molar-refractivity contribution >= 4 is 0 Å². The third kappa shape index (κ3) is 5.59. The van der Waals surface area contributed by atoms with Crippen LogP contribution in [0.25, 0.3) is 0 Å². The summed E-state index contributed by atoms with van der Waals surface area (Å²) in [5.74, 6) is 0.777. The first-order chi connectivity index (χ1) is 5.37. The van der Waals surface area contributed by atoms with Gasteiger partial charge < -0.3 is 5.11 Å². The first-order valence-electron chi connectivity index (χ1n) is 5.05. The van der Waals surface area contributed by atoms with Crippen molar-refractivity contribution in [2.45, 2.75) is 60.0 Å². The maximum absolute atomic E-state index is 9.27. The fourth-order valence-corrected chi connectivity index (χ4v) is 1.97. The molecule has 0 heterocycles. The molecule has 0 saturated carbocycles. The molecule has 0 aliphatic rings. The molecule has 0 bridgehead atoms. The van der Waals surface area contributed by atoms with Gasteiger partial charge in [0.05, 0.1) is 6.10 Å². The fourth-order valence-electron chi connectivity index (χ4n) is 1.97. The molecule has 1 heteroatoms. The van der Waals surface area contributed by atoms with Crippen molar-refractivity contribution in [3.8, 4) is 0 Å². The van der Waals surface area contributed by atoms with E-state index in [1.165, 1.54) is 12.8 Å². The summed E-state index contributed by atoms with van der Waals surface area (Å²) in [4.78, 5) is 0. The SMILES string of the molecule is CCC(C)CC(C)(C)CC(C)O. The second-order valence-corrected chi connectivity index (χ2v) is 4.93. The molecule has 0 aliphatic heterocycles. The van der Waals surface area contributed by atoms with Gasteiger partial charge in [-0.15, -0.1) is 0 Å². The van der Waals surface area contributed by atoms with Crippen LogP contribution < -0.4 is 0 Å². The molecule has 2 atom stereocenters. The average molecular weight is 172 g/mol. The molecule has 0 saturated heterocycles. The van der Waals surface area contributed by atoms with E-state index in [4.69, 9.17) is 0 Å². The van der Waals surface area contributed by atoms with Crippen LogP contribution in [0.5, 0.6) is 0 Å². The molecule has 0 rings (SSSR count). The Morgan fingerprint density at radius 2 is 1.67 bits per heavy atom. The normalized spacial score (nSPS) is 17.5. The van der Waals surface area contributed by atoms with Crippen molar-refractivity contribution in [2.75, 3.05) is 0 Å². The molecule has 74 valence electrons. The lowest BCUT2D eigenvalue weighted by atomic mass is 9.78. The van der Waals surface area contributed by atoms with Gasteiger partial charge >= 0.3 is 0 Å². The summed E-state index contributed by atoms with van der Waals surface area (Å²) in [5, 5.41) is 9.27. The number of hydrogen-bond donors (Lipinski definition) is 1. The van der Waals surface area contributed by atoms with Gasteiger partial charge in [0.2, 0.25) is 0 Å². The summed E-state index contributed by atoms with van der Waals surface area (Å²) in [6.45, 7) is 10.9. The molecule has 0 aromatic carbocycles. The Hall–Kier alpha value is -0.0400. The van der Waals surface area contributed by atoms with Crippen LogP contribution in [0.3, 0.4) is 0 Å². The lowest BCUT2D eigenvalue weighted by molar-refractivity contribution is 0.114. The Kier molecular flexibility index (Phi) is 4.84.